The predicted octanol–water partition coefficient (Wildman–Crippen LogP) is 0.664. The summed E-state index contributed by atoms with van der Waals surface area (Å²) in [6.45, 7) is 8.47. The van der Waals surface area contributed by atoms with Gasteiger partial charge >= 0.3 is 0 Å². The number of hydrogen-bond acceptors (Lipinski definition) is 4. The van der Waals surface area contributed by atoms with Gasteiger partial charge in [-0.05, 0) is 0 Å². The number of rotatable bonds is 10. The molecule has 0 aliphatic rings. The summed E-state index contributed by atoms with van der Waals surface area (Å²) in [4.78, 5) is 0. The van der Waals surface area contributed by atoms with Gasteiger partial charge in [-0.2, -0.15) is 0 Å². The van der Waals surface area contributed by atoms with Gasteiger partial charge in [-0.3, -0.25) is 0 Å². The smallest absolute Gasteiger partial charge is 0.0701 e. The van der Waals surface area contributed by atoms with Gasteiger partial charge in [-0.15, -0.1) is 0 Å². The van der Waals surface area contributed by atoms with Crippen molar-refractivity contribution in [1.29, 1.82) is 0 Å². The van der Waals surface area contributed by atoms with Crippen LogP contribution in [0, 0.1) is 0 Å². The van der Waals surface area contributed by atoms with E-state index in [4.69, 9.17) is 14.2 Å². The Balaban J connectivity index is 2.85. The fourth-order valence-corrected chi connectivity index (χ4v) is 0.884. The van der Waals surface area contributed by atoms with Gasteiger partial charge in [0.15, 0.2) is 0 Å². The van der Waals surface area contributed by atoms with Gasteiger partial charge in [0.05, 0.1) is 33.0 Å². The topological polar surface area (TPSA) is 39.7 Å². The van der Waals surface area contributed by atoms with Crippen molar-refractivity contribution in [2.45, 2.75) is 19.9 Å². The zero-order chi connectivity index (χ0) is 10.6. The molecule has 0 aliphatic carbocycles. The molecule has 0 aromatic heterocycles. The van der Waals surface area contributed by atoms with Gasteiger partial charge in [0.25, 0.3) is 0 Å². The maximum atomic E-state index is 5.34. The lowest BCUT2D eigenvalue weighted by Gasteiger charge is -2.08. The molecule has 0 heterocycles. The largest absolute Gasteiger partial charge is 0.382 e. The Labute approximate surface area is 86.9 Å². The monoisotopic (exact) mass is 205 g/mol. The summed E-state index contributed by atoms with van der Waals surface area (Å²) in [6.07, 6.45) is 0. The van der Waals surface area contributed by atoms with Crippen molar-refractivity contribution >= 4 is 0 Å². The minimum Gasteiger partial charge on any atom is -0.382 e. The SMILES string of the molecule is COCCOCCOCCNC(C)C. The standard InChI is InChI=1S/C10H23NO3/c1-10(2)11-4-5-13-8-9-14-7-6-12-3/h10-11H,4-9H2,1-3H3. The third-order valence-electron chi connectivity index (χ3n) is 1.60. The highest BCUT2D eigenvalue weighted by Gasteiger charge is 1.92. The maximum absolute atomic E-state index is 5.34. The molecule has 0 radical (unpaired) electrons. The molecular weight excluding hydrogens is 182 g/mol. The van der Waals surface area contributed by atoms with Crippen molar-refractivity contribution in [2.24, 2.45) is 0 Å². The third kappa shape index (κ3) is 11.8. The van der Waals surface area contributed by atoms with E-state index in [2.05, 4.69) is 19.2 Å². The fourth-order valence-electron chi connectivity index (χ4n) is 0.884. The summed E-state index contributed by atoms with van der Waals surface area (Å²) in [5.41, 5.74) is 0. The van der Waals surface area contributed by atoms with E-state index in [0.29, 0.717) is 32.5 Å². The Bertz CT molecular complexity index is 110. The lowest BCUT2D eigenvalue weighted by molar-refractivity contribution is 0.0253. The third-order valence-corrected chi connectivity index (χ3v) is 1.60. The summed E-state index contributed by atoms with van der Waals surface area (Å²) in [5.74, 6) is 0. The molecule has 0 saturated heterocycles. The van der Waals surface area contributed by atoms with Crippen LogP contribution in [-0.4, -0.2) is 52.7 Å². The summed E-state index contributed by atoms with van der Waals surface area (Å²) in [7, 11) is 1.66. The van der Waals surface area contributed by atoms with Crippen LogP contribution in [-0.2, 0) is 14.2 Å². The van der Waals surface area contributed by atoms with Crippen LogP contribution in [0.3, 0.4) is 0 Å². The number of nitrogens with one attached hydrogen (secondary N) is 1. The Morgan fingerprint density at radius 3 is 2.07 bits per heavy atom. The van der Waals surface area contributed by atoms with Crippen molar-refractivity contribution in [1.82, 2.24) is 5.32 Å². The maximum Gasteiger partial charge on any atom is 0.0701 e. The molecule has 1 N–H and O–H groups in total. The molecule has 0 amide bonds. The van der Waals surface area contributed by atoms with Gasteiger partial charge in [-0.1, -0.05) is 13.8 Å². The highest BCUT2D eigenvalue weighted by molar-refractivity contribution is 4.50. The van der Waals surface area contributed by atoms with Crippen LogP contribution in [0.5, 0.6) is 0 Å². The van der Waals surface area contributed by atoms with Crippen LogP contribution in [0.25, 0.3) is 0 Å². The molecule has 0 aromatic rings. The highest BCUT2D eigenvalue weighted by Crippen LogP contribution is 1.80. The molecule has 4 heteroatoms. The van der Waals surface area contributed by atoms with E-state index in [1.165, 1.54) is 0 Å². The van der Waals surface area contributed by atoms with E-state index in [1.807, 2.05) is 0 Å². The molecule has 0 atom stereocenters. The van der Waals surface area contributed by atoms with Crippen molar-refractivity contribution < 1.29 is 14.2 Å². The lowest BCUT2D eigenvalue weighted by Crippen LogP contribution is -2.27. The van der Waals surface area contributed by atoms with Crippen LogP contribution in [0.15, 0.2) is 0 Å². The van der Waals surface area contributed by atoms with Crippen molar-refractivity contribution in [3.63, 3.8) is 0 Å². The summed E-state index contributed by atoms with van der Waals surface area (Å²) < 4.78 is 15.4. The van der Waals surface area contributed by atoms with Crippen LogP contribution in [0.1, 0.15) is 13.8 Å². The second kappa shape index (κ2) is 10.9. The van der Waals surface area contributed by atoms with Gasteiger partial charge < -0.3 is 19.5 Å². The zero-order valence-corrected chi connectivity index (χ0v) is 9.54. The quantitative estimate of drug-likeness (QED) is 0.532. The second-order valence-electron chi connectivity index (χ2n) is 3.33. The molecule has 86 valence electrons. The van der Waals surface area contributed by atoms with E-state index in [9.17, 15) is 0 Å². The van der Waals surface area contributed by atoms with Crippen molar-refractivity contribution in [3.05, 3.63) is 0 Å². The average molecular weight is 205 g/mol. The predicted molar refractivity (Wildman–Crippen MR) is 56.7 cm³/mol. The van der Waals surface area contributed by atoms with E-state index in [1.54, 1.807) is 7.11 Å². The summed E-state index contributed by atoms with van der Waals surface area (Å²) >= 11 is 0. The van der Waals surface area contributed by atoms with Crippen molar-refractivity contribution in [3.8, 4) is 0 Å². The van der Waals surface area contributed by atoms with Crippen LogP contribution < -0.4 is 5.32 Å². The first kappa shape index (κ1) is 13.8. The molecule has 14 heavy (non-hydrogen) atoms. The summed E-state index contributed by atoms with van der Waals surface area (Å²) in [5, 5.41) is 3.27. The molecule has 0 unspecified atom stereocenters. The number of hydrogen-bond donors (Lipinski definition) is 1. The Morgan fingerprint density at radius 1 is 0.929 bits per heavy atom. The van der Waals surface area contributed by atoms with Gasteiger partial charge in [0.2, 0.25) is 0 Å². The van der Waals surface area contributed by atoms with E-state index in [-0.39, 0.29) is 0 Å². The molecule has 0 rings (SSSR count). The summed E-state index contributed by atoms with van der Waals surface area (Å²) in [6, 6.07) is 0.525. The van der Waals surface area contributed by atoms with E-state index in [0.717, 1.165) is 13.2 Å². The lowest BCUT2D eigenvalue weighted by atomic mass is 10.4. The molecule has 0 spiro atoms. The minimum atomic E-state index is 0.525. The minimum absolute atomic E-state index is 0.525. The van der Waals surface area contributed by atoms with Gasteiger partial charge in [0.1, 0.15) is 0 Å². The molecule has 0 bridgehead atoms. The molecule has 0 aliphatic heterocycles. The van der Waals surface area contributed by atoms with Crippen LogP contribution >= 0.6 is 0 Å². The normalized spacial score (nSPS) is 11.1. The number of ether oxygens (including phenoxy) is 3. The molecule has 0 aromatic carbocycles. The first-order valence-corrected chi connectivity index (χ1v) is 5.15. The fraction of sp³-hybridized carbons (Fsp3) is 1.00. The first-order valence-electron chi connectivity index (χ1n) is 5.15. The van der Waals surface area contributed by atoms with Crippen LogP contribution in [0.2, 0.25) is 0 Å². The van der Waals surface area contributed by atoms with Gasteiger partial charge in [0, 0.05) is 19.7 Å². The molecule has 0 fully saturated rings. The zero-order valence-electron chi connectivity index (χ0n) is 9.54. The highest BCUT2D eigenvalue weighted by atomic mass is 16.5. The Morgan fingerprint density at radius 2 is 1.50 bits per heavy atom. The van der Waals surface area contributed by atoms with Crippen LogP contribution in [0.4, 0.5) is 0 Å². The second-order valence-corrected chi connectivity index (χ2v) is 3.33. The molecule has 0 saturated carbocycles. The first-order chi connectivity index (χ1) is 6.77. The molecular formula is C10H23NO3. The van der Waals surface area contributed by atoms with E-state index >= 15 is 0 Å². The Kier molecular flexibility index (Phi) is 10.8. The van der Waals surface area contributed by atoms with E-state index < -0.39 is 0 Å². The Hall–Kier alpha value is -0.160. The number of methoxy groups -OCH3 is 1. The van der Waals surface area contributed by atoms with Crippen molar-refractivity contribution in [2.75, 3.05) is 46.7 Å². The molecule has 4 nitrogen and oxygen atoms in total. The average Bonchev–Trinajstić information content (AvgIpc) is 2.15. The van der Waals surface area contributed by atoms with Gasteiger partial charge in [-0.25, -0.2) is 0 Å².